The van der Waals surface area contributed by atoms with E-state index < -0.39 is 0 Å². The van der Waals surface area contributed by atoms with Gasteiger partial charge in [0, 0.05) is 6.42 Å². The molecule has 0 N–H and O–H groups in total. The Morgan fingerprint density at radius 3 is 2.41 bits per heavy atom. The SMILES string of the molecule is CO/N=C(\Cl)c1cc(/C(=C\CCCc2nc(C)no2)c2cc(C)c3onc(OC)c3c2)cc(C)c1OC. The molecule has 4 aromatic rings. The van der Waals surface area contributed by atoms with Crippen LogP contribution in [0, 0.1) is 20.8 Å². The van der Waals surface area contributed by atoms with Crippen molar-refractivity contribution in [3.63, 3.8) is 0 Å². The quantitative estimate of drug-likeness (QED) is 0.138. The van der Waals surface area contributed by atoms with Crippen LogP contribution < -0.4 is 9.47 Å². The van der Waals surface area contributed by atoms with E-state index in [1.165, 1.54) is 7.11 Å². The van der Waals surface area contributed by atoms with Gasteiger partial charge < -0.3 is 23.4 Å². The Balaban J connectivity index is 1.82. The van der Waals surface area contributed by atoms with Gasteiger partial charge in [-0.3, -0.25) is 0 Å². The fourth-order valence-corrected chi connectivity index (χ4v) is 4.53. The predicted molar refractivity (Wildman–Crippen MR) is 141 cm³/mol. The smallest absolute Gasteiger partial charge is 0.261 e. The topological polar surface area (TPSA) is 105 Å². The van der Waals surface area contributed by atoms with Crippen LogP contribution in [0.25, 0.3) is 16.5 Å². The summed E-state index contributed by atoms with van der Waals surface area (Å²) in [5.41, 5.74) is 6.11. The number of hydrogen-bond acceptors (Lipinski definition) is 9. The van der Waals surface area contributed by atoms with Gasteiger partial charge in [0.2, 0.25) is 5.89 Å². The molecule has 0 aliphatic carbocycles. The van der Waals surface area contributed by atoms with Crippen LogP contribution in [-0.2, 0) is 11.3 Å². The molecule has 0 spiro atoms. The molecule has 0 aliphatic rings. The highest BCUT2D eigenvalue weighted by molar-refractivity contribution is 6.69. The molecule has 0 atom stereocenters. The normalized spacial score (nSPS) is 12.3. The molecule has 2 aromatic heterocycles. The molecule has 0 saturated carbocycles. The first-order valence-electron chi connectivity index (χ1n) is 11.8. The molecule has 2 heterocycles. The second-order valence-electron chi connectivity index (χ2n) is 8.55. The van der Waals surface area contributed by atoms with E-state index in [4.69, 9.17) is 35.0 Å². The standard InChI is InChI=1S/C27H29ClN4O5/c1-15-11-18(13-21(24(15)33-4)26(28)31-35-6)20(9-7-8-10-23-29-17(3)30-36-23)19-12-16(2)25-22(14-19)27(34-5)32-37-25/h9,11-14H,7-8,10H2,1-6H3/b20-9+,31-26-. The van der Waals surface area contributed by atoms with E-state index in [2.05, 4.69) is 38.7 Å². The third-order valence-corrected chi connectivity index (χ3v) is 6.20. The van der Waals surface area contributed by atoms with Crippen molar-refractivity contribution in [1.29, 1.82) is 0 Å². The first-order chi connectivity index (χ1) is 17.9. The Bertz CT molecular complexity index is 1470. The average Bonchev–Trinajstić information content (AvgIpc) is 3.49. The minimum Gasteiger partial charge on any atom is -0.496 e. The number of methoxy groups -OCH3 is 2. The van der Waals surface area contributed by atoms with E-state index in [1.807, 2.05) is 32.9 Å². The average molecular weight is 525 g/mol. The first-order valence-corrected chi connectivity index (χ1v) is 12.1. The van der Waals surface area contributed by atoms with Gasteiger partial charge in [-0.15, -0.1) is 0 Å². The molecule has 4 rings (SSSR count). The number of halogens is 1. The van der Waals surface area contributed by atoms with Crippen molar-refractivity contribution >= 4 is 33.3 Å². The summed E-state index contributed by atoms with van der Waals surface area (Å²) in [5.74, 6) is 2.33. The third kappa shape index (κ3) is 5.61. The molecule has 0 unspecified atom stereocenters. The van der Waals surface area contributed by atoms with Gasteiger partial charge in [-0.05, 0) is 90.9 Å². The molecule has 0 amide bonds. The highest BCUT2D eigenvalue weighted by atomic mass is 35.5. The zero-order valence-electron chi connectivity index (χ0n) is 21.7. The lowest BCUT2D eigenvalue weighted by Crippen LogP contribution is -2.02. The largest absolute Gasteiger partial charge is 0.496 e. The Hall–Kier alpha value is -3.85. The molecule has 2 aromatic carbocycles. The maximum absolute atomic E-state index is 6.47. The van der Waals surface area contributed by atoms with Gasteiger partial charge in [0.1, 0.15) is 12.9 Å². The summed E-state index contributed by atoms with van der Waals surface area (Å²) in [6, 6.07) is 8.12. The molecule has 10 heteroatoms. The van der Waals surface area contributed by atoms with E-state index in [1.54, 1.807) is 14.2 Å². The van der Waals surface area contributed by atoms with E-state index in [9.17, 15) is 0 Å². The Kier molecular flexibility index (Phi) is 8.13. The van der Waals surface area contributed by atoms with Crippen molar-refractivity contribution in [2.45, 2.75) is 40.0 Å². The van der Waals surface area contributed by atoms with Gasteiger partial charge in [0.15, 0.2) is 16.6 Å². The molecule has 0 fully saturated rings. The lowest BCUT2D eigenvalue weighted by molar-refractivity contribution is 0.214. The Morgan fingerprint density at radius 2 is 1.73 bits per heavy atom. The van der Waals surface area contributed by atoms with Crippen molar-refractivity contribution in [1.82, 2.24) is 15.3 Å². The van der Waals surface area contributed by atoms with E-state index in [0.29, 0.717) is 40.9 Å². The highest BCUT2D eigenvalue weighted by Gasteiger charge is 2.19. The van der Waals surface area contributed by atoms with Crippen LogP contribution in [0.4, 0.5) is 0 Å². The minimum atomic E-state index is 0.197. The lowest BCUT2D eigenvalue weighted by Gasteiger charge is -2.16. The summed E-state index contributed by atoms with van der Waals surface area (Å²) in [7, 11) is 4.63. The summed E-state index contributed by atoms with van der Waals surface area (Å²) in [6.45, 7) is 5.76. The van der Waals surface area contributed by atoms with Gasteiger partial charge in [-0.1, -0.05) is 28.0 Å². The van der Waals surface area contributed by atoms with Crippen LogP contribution >= 0.6 is 11.6 Å². The molecular weight excluding hydrogens is 496 g/mol. The fraction of sp³-hybridized carbons (Fsp3) is 0.333. The Morgan fingerprint density at radius 1 is 0.973 bits per heavy atom. The zero-order valence-corrected chi connectivity index (χ0v) is 22.5. The van der Waals surface area contributed by atoms with E-state index >= 15 is 0 Å². The van der Waals surface area contributed by atoms with Crippen molar-refractivity contribution in [3.05, 3.63) is 69.9 Å². The summed E-state index contributed by atoms with van der Waals surface area (Å²) < 4.78 is 21.8. The zero-order chi connectivity index (χ0) is 26.5. The van der Waals surface area contributed by atoms with E-state index in [-0.39, 0.29) is 5.17 Å². The van der Waals surface area contributed by atoms with Crippen LogP contribution in [0.5, 0.6) is 11.6 Å². The van der Waals surface area contributed by atoms with Gasteiger partial charge in [0.25, 0.3) is 5.88 Å². The summed E-state index contributed by atoms with van der Waals surface area (Å²) in [6.07, 6.45) is 4.48. The fourth-order valence-electron chi connectivity index (χ4n) is 4.32. The number of benzene rings is 2. The number of rotatable bonds is 10. The second-order valence-corrected chi connectivity index (χ2v) is 8.90. The molecule has 37 heavy (non-hydrogen) atoms. The van der Waals surface area contributed by atoms with Crippen molar-refractivity contribution in [2.24, 2.45) is 5.16 Å². The van der Waals surface area contributed by atoms with Gasteiger partial charge in [-0.25, -0.2) is 0 Å². The maximum atomic E-state index is 6.47. The first kappa shape index (κ1) is 26.2. The molecule has 9 nitrogen and oxygen atoms in total. The number of oxime groups is 1. The number of aromatic nitrogens is 3. The number of allylic oxidation sites excluding steroid dienone is 1. The minimum absolute atomic E-state index is 0.197. The molecule has 194 valence electrons. The Labute approximate surface area is 220 Å². The molecule has 0 aliphatic heterocycles. The van der Waals surface area contributed by atoms with Crippen LogP contribution in [0.15, 0.2) is 44.5 Å². The summed E-state index contributed by atoms with van der Waals surface area (Å²) in [5, 5.41) is 12.8. The highest BCUT2D eigenvalue weighted by Crippen LogP contribution is 2.36. The van der Waals surface area contributed by atoms with Crippen LogP contribution in [0.1, 0.15) is 52.4 Å². The van der Waals surface area contributed by atoms with Gasteiger partial charge in [-0.2, -0.15) is 4.98 Å². The summed E-state index contributed by atoms with van der Waals surface area (Å²) in [4.78, 5) is 9.22. The van der Waals surface area contributed by atoms with Gasteiger partial charge >= 0.3 is 0 Å². The monoisotopic (exact) mass is 524 g/mol. The van der Waals surface area contributed by atoms with Crippen molar-refractivity contribution in [3.8, 4) is 11.6 Å². The van der Waals surface area contributed by atoms with Crippen LogP contribution in [-0.4, -0.2) is 41.8 Å². The molecular formula is C27H29ClN4O5. The van der Waals surface area contributed by atoms with Crippen molar-refractivity contribution in [2.75, 3.05) is 21.3 Å². The maximum Gasteiger partial charge on any atom is 0.261 e. The number of aryl methyl sites for hydroxylation is 4. The number of fused-ring (bicyclic) bond motifs is 1. The number of ether oxygens (including phenoxy) is 2. The van der Waals surface area contributed by atoms with Gasteiger partial charge in [0.05, 0.1) is 25.2 Å². The van der Waals surface area contributed by atoms with Crippen LogP contribution in [0.3, 0.4) is 0 Å². The number of hydrogen-bond donors (Lipinski definition) is 0. The molecule has 0 bridgehead atoms. The van der Waals surface area contributed by atoms with Crippen LogP contribution in [0.2, 0.25) is 0 Å². The summed E-state index contributed by atoms with van der Waals surface area (Å²) >= 11 is 6.47. The molecule has 0 radical (unpaired) electrons. The van der Waals surface area contributed by atoms with E-state index in [0.717, 1.165) is 46.1 Å². The van der Waals surface area contributed by atoms with Crippen molar-refractivity contribution < 1.29 is 23.4 Å². The number of unbranched alkanes of at least 4 members (excludes halogenated alkanes) is 1. The third-order valence-electron chi connectivity index (χ3n) is 5.93. The second kappa shape index (κ2) is 11.5. The number of nitrogens with zero attached hydrogens (tertiary/aromatic N) is 4. The predicted octanol–water partition coefficient (Wildman–Crippen LogP) is 6.15. The molecule has 0 saturated heterocycles. The lowest BCUT2D eigenvalue weighted by atomic mass is 9.91.